The zero-order valence-corrected chi connectivity index (χ0v) is 12.4. The predicted molar refractivity (Wildman–Crippen MR) is 76.3 cm³/mol. The molecule has 0 aliphatic rings. The SMILES string of the molecule is Cc1cc(C(Br)c2ccccc2Cl)sc1Cl. The summed E-state index contributed by atoms with van der Waals surface area (Å²) in [5.41, 5.74) is 2.18. The van der Waals surface area contributed by atoms with E-state index in [-0.39, 0.29) is 4.83 Å². The zero-order valence-electron chi connectivity index (χ0n) is 8.51. The largest absolute Gasteiger partial charge is 0.127 e. The molecule has 0 bridgehead atoms. The lowest BCUT2D eigenvalue weighted by Crippen LogP contribution is -1.90. The normalized spacial score (nSPS) is 12.8. The molecule has 0 amide bonds. The molecule has 2 aromatic rings. The number of hydrogen-bond acceptors (Lipinski definition) is 1. The van der Waals surface area contributed by atoms with Crippen LogP contribution in [0.15, 0.2) is 30.3 Å². The molecule has 0 saturated heterocycles. The smallest absolute Gasteiger partial charge is 0.0960 e. The Hall–Kier alpha value is -0.0200. The summed E-state index contributed by atoms with van der Waals surface area (Å²) in [6, 6.07) is 9.92. The molecular weight excluding hydrogens is 327 g/mol. The van der Waals surface area contributed by atoms with Gasteiger partial charge in [-0.2, -0.15) is 0 Å². The molecule has 1 atom stereocenters. The average molecular weight is 336 g/mol. The van der Waals surface area contributed by atoms with Crippen LogP contribution in [0, 0.1) is 6.92 Å². The van der Waals surface area contributed by atoms with Crippen LogP contribution in [0.2, 0.25) is 9.36 Å². The van der Waals surface area contributed by atoms with Crippen LogP contribution < -0.4 is 0 Å². The van der Waals surface area contributed by atoms with Crippen molar-refractivity contribution in [1.29, 1.82) is 0 Å². The molecule has 0 fully saturated rings. The lowest BCUT2D eigenvalue weighted by molar-refractivity contribution is 1.22. The van der Waals surface area contributed by atoms with Gasteiger partial charge in [0.25, 0.3) is 0 Å². The first-order valence-electron chi connectivity index (χ1n) is 4.74. The Morgan fingerprint density at radius 2 is 1.94 bits per heavy atom. The Balaban J connectivity index is 2.39. The number of thiophene rings is 1. The van der Waals surface area contributed by atoms with Crippen molar-refractivity contribution in [3.05, 3.63) is 55.7 Å². The second-order valence-electron chi connectivity index (χ2n) is 3.49. The van der Waals surface area contributed by atoms with E-state index < -0.39 is 0 Å². The number of benzene rings is 1. The second-order valence-corrected chi connectivity index (χ2v) is 6.50. The van der Waals surface area contributed by atoms with E-state index in [1.807, 2.05) is 31.2 Å². The molecule has 1 unspecified atom stereocenters. The van der Waals surface area contributed by atoms with E-state index in [4.69, 9.17) is 23.2 Å². The molecule has 0 aliphatic heterocycles. The molecule has 0 saturated carbocycles. The highest BCUT2D eigenvalue weighted by atomic mass is 79.9. The summed E-state index contributed by atoms with van der Waals surface area (Å²) in [5.74, 6) is 0. The van der Waals surface area contributed by atoms with Crippen LogP contribution >= 0.6 is 50.5 Å². The summed E-state index contributed by atoms with van der Waals surface area (Å²) in [7, 11) is 0. The number of halogens is 3. The quantitative estimate of drug-likeness (QED) is 0.604. The molecule has 1 heterocycles. The van der Waals surface area contributed by atoms with E-state index in [9.17, 15) is 0 Å². The van der Waals surface area contributed by atoms with Gasteiger partial charge in [0.05, 0.1) is 9.16 Å². The van der Waals surface area contributed by atoms with Gasteiger partial charge in [-0.25, -0.2) is 0 Å². The fourth-order valence-electron chi connectivity index (χ4n) is 1.44. The monoisotopic (exact) mass is 334 g/mol. The highest BCUT2D eigenvalue weighted by Crippen LogP contribution is 2.40. The Morgan fingerprint density at radius 3 is 2.50 bits per heavy atom. The van der Waals surface area contributed by atoms with Crippen LogP contribution in [-0.4, -0.2) is 0 Å². The third-order valence-electron chi connectivity index (χ3n) is 2.30. The van der Waals surface area contributed by atoms with Crippen LogP contribution in [-0.2, 0) is 0 Å². The predicted octanol–water partition coefficient (Wildman–Crippen LogP) is 5.85. The van der Waals surface area contributed by atoms with Gasteiger partial charge in [0.15, 0.2) is 0 Å². The summed E-state index contributed by atoms with van der Waals surface area (Å²) in [6.07, 6.45) is 0. The van der Waals surface area contributed by atoms with E-state index in [0.717, 1.165) is 20.5 Å². The fraction of sp³-hybridized carbons (Fsp3) is 0.167. The Bertz CT molecular complexity index is 488. The number of hydrogen-bond donors (Lipinski definition) is 0. The summed E-state index contributed by atoms with van der Waals surface area (Å²) >= 11 is 17.5. The van der Waals surface area contributed by atoms with Gasteiger partial charge in [-0.15, -0.1) is 11.3 Å². The first kappa shape index (κ1) is 12.4. The Kier molecular flexibility index (Phi) is 3.96. The lowest BCUT2D eigenvalue weighted by Gasteiger charge is -2.09. The summed E-state index contributed by atoms with van der Waals surface area (Å²) < 4.78 is 0.839. The third-order valence-corrected chi connectivity index (χ3v) is 5.56. The molecule has 4 heteroatoms. The van der Waals surface area contributed by atoms with Gasteiger partial charge in [-0.1, -0.05) is 57.3 Å². The maximum atomic E-state index is 6.16. The van der Waals surface area contributed by atoms with Crippen LogP contribution in [0.4, 0.5) is 0 Å². The highest BCUT2D eigenvalue weighted by Gasteiger charge is 2.16. The van der Waals surface area contributed by atoms with Crippen LogP contribution in [0.5, 0.6) is 0 Å². The molecule has 0 spiro atoms. The van der Waals surface area contributed by atoms with E-state index >= 15 is 0 Å². The van der Waals surface area contributed by atoms with Gasteiger partial charge in [0.1, 0.15) is 0 Å². The molecular formula is C12H9BrCl2S. The minimum atomic E-state index is 0.109. The number of aryl methyl sites for hydroxylation is 1. The van der Waals surface area contributed by atoms with Gasteiger partial charge >= 0.3 is 0 Å². The first-order chi connectivity index (χ1) is 7.59. The molecule has 1 aromatic heterocycles. The van der Waals surface area contributed by atoms with E-state index in [2.05, 4.69) is 22.0 Å². The minimum Gasteiger partial charge on any atom is -0.127 e. The van der Waals surface area contributed by atoms with Crippen molar-refractivity contribution in [2.24, 2.45) is 0 Å². The molecule has 84 valence electrons. The standard InChI is InChI=1S/C12H9BrCl2S/c1-7-6-10(16-12(7)15)11(13)8-4-2-3-5-9(8)14/h2-6,11H,1H3. The molecule has 0 aliphatic carbocycles. The van der Waals surface area contributed by atoms with Crippen LogP contribution in [0.3, 0.4) is 0 Å². The number of rotatable bonds is 2. The first-order valence-corrected chi connectivity index (χ1v) is 7.22. The maximum Gasteiger partial charge on any atom is 0.0960 e. The van der Waals surface area contributed by atoms with E-state index in [1.54, 1.807) is 11.3 Å². The topological polar surface area (TPSA) is 0 Å². The molecule has 2 rings (SSSR count). The van der Waals surface area contributed by atoms with Gasteiger partial charge in [0, 0.05) is 9.90 Å². The van der Waals surface area contributed by atoms with E-state index in [1.165, 1.54) is 4.88 Å². The van der Waals surface area contributed by atoms with Gasteiger partial charge in [-0.3, -0.25) is 0 Å². The molecule has 16 heavy (non-hydrogen) atoms. The minimum absolute atomic E-state index is 0.109. The van der Waals surface area contributed by atoms with Gasteiger partial charge in [0.2, 0.25) is 0 Å². The third kappa shape index (κ3) is 2.45. The zero-order chi connectivity index (χ0) is 11.7. The van der Waals surface area contributed by atoms with Crippen LogP contribution in [0.25, 0.3) is 0 Å². The number of alkyl halides is 1. The average Bonchev–Trinajstić information content (AvgIpc) is 2.59. The van der Waals surface area contributed by atoms with Crippen LogP contribution in [0.1, 0.15) is 20.8 Å². The van der Waals surface area contributed by atoms with Crippen molar-refractivity contribution in [1.82, 2.24) is 0 Å². The second kappa shape index (κ2) is 5.09. The van der Waals surface area contributed by atoms with Gasteiger partial charge < -0.3 is 0 Å². The van der Waals surface area contributed by atoms with Crippen molar-refractivity contribution >= 4 is 50.5 Å². The summed E-state index contributed by atoms with van der Waals surface area (Å²) in [6.45, 7) is 2.01. The van der Waals surface area contributed by atoms with Crippen molar-refractivity contribution in [2.45, 2.75) is 11.8 Å². The Labute approximate surface area is 117 Å². The molecule has 0 N–H and O–H groups in total. The Morgan fingerprint density at radius 1 is 1.25 bits per heavy atom. The van der Waals surface area contributed by atoms with E-state index in [0.29, 0.717) is 0 Å². The maximum absolute atomic E-state index is 6.16. The van der Waals surface area contributed by atoms with Crippen molar-refractivity contribution in [3.63, 3.8) is 0 Å². The highest BCUT2D eigenvalue weighted by molar-refractivity contribution is 9.09. The van der Waals surface area contributed by atoms with Crippen molar-refractivity contribution < 1.29 is 0 Å². The summed E-state index contributed by atoms with van der Waals surface area (Å²) in [4.78, 5) is 1.29. The van der Waals surface area contributed by atoms with Gasteiger partial charge in [-0.05, 0) is 30.2 Å². The molecule has 0 nitrogen and oxygen atoms in total. The summed E-state index contributed by atoms with van der Waals surface area (Å²) in [5, 5.41) is 0.770. The van der Waals surface area contributed by atoms with Crippen molar-refractivity contribution in [3.8, 4) is 0 Å². The molecule has 0 radical (unpaired) electrons. The molecule has 1 aromatic carbocycles. The fourth-order valence-corrected chi connectivity index (χ4v) is 3.85. The lowest BCUT2D eigenvalue weighted by atomic mass is 10.1. The van der Waals surface area contributed by atoms with Crippen molar-refractivity contribution in [2.75, 3.05) is 0 Å².